The van der Waals surface area contributed by atoms with Gasteiger partial charge in [0.1, 0.15) is 5.75 Å². The minimum absolute atomic E-state index is 0.126. The van der Waals surface area contributed by atoms with Gasteiger partial charge in [-0.05, 0) is 55.0 Å². The Labute approximate surface area is 183 Å². The van der Waals surface area contributed by atoms with Gasteiger partial charge in [0, 0.05) is 62.9 Å². The highest BCUT2D eigenvalue weighted by molar-refractivity contribution is 5.73. The zero-order valence-electron chi connectivity index (χ0n) is 18.4. The maximum Gasteiger partial charge on any atom is 0.258 e. The molecule has 164 valence electrons. The van der Waals surface area contributed by atoms with Gasteiger partial charge < -0.3 is 14.2 Å². The summed E-state index contributed by atoms with van der Waals surface area (Å²) in [5.74, 6) is 1.91. The molecule has 0 N–H and O–H groups in total. The quantitative estimate of drug-likeness (QED) is 0.765. The van der Waals surface area contributed by atoms with Crippen LogP contribution in [0.15, 0.2) is 41.2 Å². The van der Waals surface area contributed by atoms with Gasteiger partial charge in [-0.25, -0.2) is 0 Å². The molecule has 5 rings (SSSR count). The molecule has 1 amide bonds. The Kier molecular flexibility index (Phi) is 5.34. The van der Waals surface area contributed by atoms with E-state index in [4.69, 9.17) is 4.74 Å². The summed E-state index contributed by atoms with van der Waals surface area (Å²) in [6.07, 6.45) is 3.29. The fourth-order valence-corrected chi connectivity index (χ4v) is 5.82. The van der Waals surface area contributed by atoms with E-state index in [1.165, 1.54) is 12.1 Å². The first kappa shape index (κ1) is 20.3. The van der Waals surface area contributed by atoms with E-state index in [0.717, 1.165) is 62.4 Å². The first-order valence-corrected chi connectivity index (χ1v) is 11.4. The average molecular weight is 422 g/mol. The van der Waals surface area contributed by atoms with Crippen molar-refractivity contribution in [1.29, 1.82) is 0 Å². The number of hydrogen-bond donors (Lipinski definition) is 0. The topological polar surface area (TPSA) is 54.8 Å². The summed E-state index contributed by atoms with van der Waals surface area (Å²) < 4.78 is 7.28. The second-order valence-electron chi connectivity index (χ2n) is 9.31. The molecule has 2 bridgehead atoms. The lowest BCUT2D eigenvalue weighted by Crippen LogP contribution is -2.53. The standard InChI is InChI=1S/C25H31N3O3/c1-17(29)26-11-9-21(10-12-26)27-14-18-13-20(16-27)24-8-7-23(25(30)28(24)15-18)19-3-5-22(31-2)6-4-19/h3-8,18,20-21H,9-16H2,1-2H3/t18-,20-/m1/s1. The van der Waals surface area contributed by atoms with Crippen LogP contribution >= 0.6 is 0 Å². The minimum atomic E-state index is 0.126. The number of carbonyl (C=O) groups excluding carboxylic acids is 1. The van der Waals surface area contributed by atoms with Gasteiger partial charge in [-0.2, -0.15) is 0 Å². The van der Waals surface area contributed by atoms with E-state index in [1.807, 2.05) is 39.8 Å². The molecule has 0 aliphatic carbocycles. The van der Waals surface area contributed by atoms with Gasteiger partial charge in [0.05, 0.1) is 7.11 Å². The third-order valence-corrected chi connectivity index (χ3v) is 7.46. The SMILES string of the molecule is COc1ccc(-c2ccc3n(c2=O)C[C@@H]2C[C@@H]3CN(C3CCN(C(C)=O)CC3)C2)cc1. The minimum Gasteiger partial charge on any atom is -0.497 e. The van der Waals surface area contributed by atoms with Crippen LogP contribution in [0.3, 0.4) is 0 Å². The third kappa shape index (κ3) is 3.78. The molecule has 0 saturated carbocycles. The number of pyridine rings is 1. The highest BCUT2D eigenvalue weighted by Gasteiger charge is 2.38. The Morgan fingerprint density at radius 3 is 2.42 bits per heavy atom. The first-order valence-electron chi connectivity index (χ1n) is 11.4. The van der Waals surface area contributed by atoms with Crippen molar-refractivity contribution < 1.29 is 9.53 Å². The van der Waals surface area contributed by atoms with E-state index >= 15 is 0 Å². The number of rotatable bonds is 3. The number of piperidine rings is 2. The number of amides is 1. The molecule has 1 aromatic heterocycles. The Bertz CT molecular complexity index is 1020. The van der Waals surface area contributed by atoms with Crippen LogP contribution in [0, 0.1) is 5.92 Å². The van der Waals surface area contributed by atoms with Crippen LogP contribution in [0.25, 0.3) is 11.1 Å². The van der Waals surface area contributed by atoms with Crippen molar-refractivity contribution in [2.24, 2.45) is 5.92 Å². The molecule has 31 heavy (non-hydrogen) atoms. The number of aromatic nitrogens is 1. The number of nitrogens with zero attached hydrogens (tertiary/aromatic N) is 3. The van der Waals surface area contributed by atoms with Crippen LogP contribution in [-0.4, -0.2) is 59.6 Å². The van der Waals surface area contributed by atoms with Crippen molar-refractivity contribution in [2.45, 2.75) is 44.7 Å². The molecule has 2 atom stereocenters. The Morgan fingerprint density at radius 2 is 1.74 bits per heavy atom. The summed E-state index contributed by atoms with van der Waals surface area (Å²) in [4.78, 5) is 29.6. The van der Waals surface area contributed by atoms with Crippen LogP contribution in [-0.2, 0) is 11.3 Å². The summed E-state index contributed by atoms with van der Waals surface area (Å²) in [5.41, 5.74) is 3.01. The first-order chi connectivity index (χ1) is 15.0. The lowest BCUT2D eigenvalue weighted by molar-refractivity contribution is -0.130. The molecule has 0 unspecified atom stereocenters. The van der Waals surface area contributed by atoms with E-state index in [2.05, 4.69) is 11.0 Å². The Balaban J connectivity index is 1.36. The smallest absolute Gasteiger partial charge is 0.258 e. The van der Waals surface area contributed by atoms with E-state index in [9.17, 15) is 9.59 Å². The van der Waals surface area contributed by atoms with Crippen LogP contribution in [0.1, 0.15) is 37.8 Å². The number of hydrogen-bond acceptors (Lipinski definition) is 4. The summed E-state index contributed by atoms with van der Waals surface area (Å²) >= 11 is 0. The lowest BCUT2D eigenvalue weighted by Gasteiger charge is -2.47. The fraction of sp³-hybridized carbons (Fsp3) is 0.520. The highest BCUT2D eigenvalue weighted by atomic mass is 16.5. The van der Waals surface area contributed by atoms with Crippen molar-refractivity contribution in [1.82, 2.24) is 14.4 Å². The van der Waals surface area contributed by atoms with Crippen molar-refractivity contribution in [2.75, 3.05) is 33.3 Å². The zero-order valence-corrected chi connectivity index (χ0v) is 18.4. The molecule has 6 heteroatoms. The molecule has 0 radical (unpaired) electrons. The van der Waals surface area contributed by atoms with E-state index in [1.54, 1.807) is 14.0 Å². The maximum atomic E-state index is 13.4. The van der Waals surface area contributed by atoms with Gasteiger partial charge in [-0.15, -0.1) is 0 Å². The van der Waals surface area contributed by atoms with Crippen molar-refractivity contribution >= 4 is 5.91 Å². The van der Waals surface area contributed by atoms with Crippen molar-refractivity contribution in [3.8, 4) is 16.9 Å². The molecule has 6 nitrogen and oxygen atoms in total. The van der Waals surface area contributed by atoms with Gasteiger partial charge in [0.2, 0.25) is 5.91 Å². The largest absolute Gasteiger partial charge is 0.497 e. The number of methoxy groups -OCH3 is 1. The summed E-state index contributed by atoms with van der Waals surface area (Å²) in [5, 5.41) is 0. The number of carbonyl (C=O) groups is 1. The number of ether oxygens (including phenoxy) is 1. The van der Waals surface area contributed by atoms with Gasteiger partial charge in [0.15, 0.2) is 0 Å². The molecule has 3 aliphatic rings. The second-order valence-corrected chi connectivity index (χ2v) is 9.31. The predicted molar refractivity (Wildman–Crippen MR) is 120 cm³/mol. The van der Waals surface area contributed by atoms with Gasteiger partial charge in [0.25, 0.3) is 5.56 Å². The molecule has 2 saturated heterocycles. The number of likely N-dealkylation sites (tertiary alicyclic amines) is 2. The third-order valence-electron chi connectivity index (χ3n) is 7.46. The molecule has 1 aromatic carbocycles. The fourth-order valence-electron chi connectivity index (χ4n) is 5.82. The molecule has 2 fully saturated rings. The normalized spacial score (nSPS) is 24.0. The maximum absolute atomic E-state index is 13.4. The van der Waals surface area contributed by atoms with Crippen molar-refractivity contribution in [3.63, 3.8) is 0 Å². The van der Waals surface area contributed by atoms with Gasteiger partial charge in [-0.3, -0.25) is 14.5 Å². The van der Waals surface area contributed by atoms with Crippen LogP contribution in [0.5, 0.6) is 5.75 Å². The Morgan fingerprint density at radius 1 is 1.00 bits per heavy atom. The molecular formula is C25H31N3O3. The molecule has 4 heterocycles. The van der Waals surface area contributed by atoms with Crippen LogP contribution in [0.4, 0.5) is 0 Å². The summed E-state index contributed by atoms with van der Waals surface area (Å²) in [6.45, 7) is 6.28. The van der Waals surface area contributed by atoms with Gasteiger partial charge >= 0.3 is 0 Å². The molecule has 2 aromatic rings. The monoisotopic (exact) mass is 421 g/mol. The number of fused-ring (bicyclic) bond motifs is 4. The van der Waals surface area contributed by atoms with E-state index in [0.29, 0.717) is 17.9 Å². The number of benzene rings is 1. The molecule has 0 spiro atoms. The van der Waals surface area contributed by atoms with E-state index < -0.39 is 0 Å². The van der Waals surface area contributed by atoms with E-state index in [-0.39, 0.29) is 11.5 Å². The molecular weight excluding hydrogens is 390 g/mol. The summed E-state index contributed by atoms with van der Waals surface area (Å²) in [7, 11) is 1.65. The van der Waals surface area contributed by atoms with Crippen LogP contribution in [0.2, 0.25) is 0 Å². The second kappa shape index (κ2) is 8.15. The zero-order chi connectivity index (χ0) is 21.5. The predicted octanol–water partition coefficient (Wildman–Crippen LogP) is 2.95. The van der Waals surface area contributed by atoms with Crippen LogP contribution < -0.4 is 10.3 Å². The average Bonchev–Trinajstić information content (AvgIpc) is 2.80. The Hall–Kier alpha value is -2.60. The van der Waals surface area contributed by atoms with Gasteiger partial charge in [-0.1, -0.05) is 12.1 Å². The summed E-state index contributed by atoms with van der Waals surface area (Å²) in [6, 6.07) is 12.5. The lowest BCUT2D eigenvalue weighted by atomic mass is 9.81. The van der Waals surface area contributed by atoms with Crippen molar-refractivity contribution in [3.05, 3.63) is 52.4 Å². The highest BCUT2D eigenvalue weighted by Crippen LogP contribution is 2.37. The molecule has 3 aliphatic heterocycles.